The van der Waals surface area contributed by atoms with Gasteiger partial charge >= 0.3 is 0 Å². The van der Waals surface area contributed by atoms with Gasteiger partial charge in [0.15, 0.2) is 0 Å². The highest BCUT2D eigenvalue weighted by Crippen LogP contribution is 2.23. The lowest BCUT2D eigenvalue weighted by Crippen LogP contribution is -2.12. The molecule has 0 bridgehead atoms. The molecule has 0 spiro atoms. The van der Waals surface area contributed by atoms with Gasteiger partial charge in [-0.2, -0.15) is 5.26 Å². The summed E-state index contributed by atoms with van der Waals surface area (Å²) in [5.41, 5.74) is 1.48. The number of carbonyl (C=O) groups is 2. The predicted molar refractivity (Wildman–Crippen MR) is 56.5 cm³/mol. The molecule has 0 atom stereocenters. The van der Waals surface area contributed by atoms with Crippen LogP contribution in [0, 0.1) is 23.2 Å². The zero-order chi connectivity index (χ0) is 11.5. The number of nitriles is 1. The van der Waals surface area contributed by atoms with Crippen molar-refractivity contribution in [3.63, 3.8) is 0 Å². The minimum atomic E-state index is -0.614. The van der Waals surface area contributed by atoms with E-state index in [4.69, 9.17) is 5.26 Å². The molecule has 1 aromatic carbocycles. The van der Waals surface area contributed by atoms with Gasteiger partial charge < -0.3 is 5.32 Å². The second-order valence-electron chi connectivity index (χ2n) is 3.18. The molecule has 0 saturated carbocycles. The Kier molecular flexibility index (Phi) is 2.41. The number of rotatable bonds is 0. The summed E-state index contributed by atoms with van der Waals surface area (Å²) in [4.78, 5) is 22.4. The molecule has 4 heteroatoms. The number of hydrogen-bond donors (Lipinski definition) is 1. The minimum absolute atomic E-state index is 0.141. The van der Waals surface area contributed by atoms with Crippen molar-refractivity contribution in [2.45, 2.75) is 6.42 Å². The molecule has 1 amide bonds. The van der Waals surface area contributed by atoms with Gasteiger partial charge in [0, 0.05) is 5.56 Å². The molecule has 1 N–H and O–H groups in total. The first-order valence-electron chi connectivity index (χ1n) is 4.58. The normalized spacial score (nSPS) is 12.2. The number of ketones is 1. The third kappa shape index (κ3) is 1.65. The zero-order valence-corrected chi connectivity index (χ0v) is 8.20. The summed E-state index contributed by atoms with van der Waals surface area (Å²) in [7, 11) is 0. The lowest BCUT2D eigenvalue weighted by atomic mass is 10.1. The number of anilines is 1. The van der Waals surface area contributed by atoms with Crippen LogP contribution in [0.5, 0.6) is 0 Å². The second-order valence-corrected chi connectivity index (χ2v) is 3.18. The van der Waals surface area contributed by atoms with Gasteiger partial charge in [-0.15, -0.1) is 0 Å². The molecule has 1 heterocycles. The molecule has 76 valence electrons. The highest BCUT2D eigenvalue weighted by molar-refractivity contribution is 6.51. The van der Waals surface area contributed by atoms with Gasteiger partial charge in [0.2, 0.25) is 0 Å². The lowest BCUT2D eigenvalue weighted by Gasteiger charge is -1.96. The first-order chi connectivity index (χ1) is 7.72. The smallest absolute Gasteiger partial charge is 0.296 e. The van der Waals surface area contributed by atoms with Crippen LogP contribution in [-0.4, -0.2) is 11.7 Å². The molecule has 1 aromatic rings. The Hall–Kier alpha value is -2.59. The Bertz CT molecular complexity index is 585. The van der Waals surface area contributed by atoms with Crippen molar-refractivity contribution in [2.24, 2.45) is 0 Å². The van der Waals surface area contributed by atoms with Gasteiger partial charge in [0.25, 0.3) is 11.7 Å². The minimum Gasteiger partial charge on any atom is -0.318 e. The van der Waals surface area contributed by atoms with Crippen LogP contribution in [0.15, 0.2) is 18.2 Å². The number of fused-ring (bicyclic) bond motifs is 1. The largest absolute Gasteiger partial charge is 0.318 e. The molecule has 4 nitrogen and oxygen atoms in total. The van der Waals surface area contributed by atoms with Crippen molar-refractivity contribution in [1.29, 1.82) is 5.26 Å². The van der Waals surface area contributed by atoms with Crippen molar-refractivity contribution in [2.75, 3.05) is 5.32 Å². The third-order valence-electron chi connectivity index (χ3n) is 2.12. The summed E-state index contributed by atoms with van der Waals surface area (Å²) in [5, 5.41) is 10.8. The van der Waals surface area contributed by atoms with E-state index >= 15 is 0 Å². The van der Waals surface area contributed by atoms with E-state index in [1.54, 1.807) is 18.2 Å². The van der Waals surface area contributed by atoms with Crippen LogP contribution in [0.25, 0.3) is 0 Å². The standard InChI is InChI=1S/C12H6N2O2/c13-6-2-1-3-8-4-5-10-9(7-8)11(15)12(16)14-10/h4-5,7H,2H2,(H,14,15,16). The van der Waals surface area contributed by atoms with Crippen molar-refractivity contribution in [1.82, 2.24) is 0 Å². The summed E-state index contributed by atoms with van der Waals surface area (Å²) in [6, 6.07) is 6.78. The fourth-order valence-corrected chi connectivity index (χ4v) is 1.41. The lowest BCUT2D eigenvalue weighted by molar-refractivity contribution is -0.112. The fraction of sp³-hybridized carbons (Fsp3) is 0.0833. The van der Waals surface area contributed by atoms with Gasteiger partial charge in [-0.3, -0.25) is 9.59 Å². The Labute approximate surface area is 91.9 Å². The molecule has 0 saturated heterocycles. The number of amides is 1. The van der Waals surface area contributed by atoms with Crippen LogP contribution >= 0.6 is 0 Å². The van der Waals surface area contributed by atoms with Crippen LogP contribution in [-0.2, 0) is 4.79 Å². The topological polar surface area (TPSA) is 70.0 Å². The van der Waals surface area contributed by atoms with E-state index < -0.39 is 11.7 Å². The number of Topliss-reactive ketones (excluding diaryl/α,β-unsaturated/α-hetero) is 1. The highest BCUT2D eigenvalue weighted by atomic mass is 16.2. The highest BCUT2D eigenvalue weighted by Gasteiger charge is 2.27. The van der Waals surface area contributed by atoms with Crippen LogP contribution < -0.4 is 5.32 Å². The van der Waals surface area contributed by atoms with Gasteiger partial charge in [-0.25, -0.2) is 0 Å². The van der Waals surface area contributed by atoms with E-state index in [0.717, 1.165) is 0 Å². The molecular formula is C12H6N2O2. The number of nitrogens with zero attached hydrogens (tertiary/aromatic N) is 1. The van der Waals surface area contributed by atoms with Crippen LogP contribution in [0.4, 0.5) is 5.69 Å². The predicted octanol–water partition coefficient (Wildman–Crippen LogP) is 1.09. The summed E-state index contributed by atoms with van der Waals surface area (Å²) >= 11 is 0. The fourth-order valence-electron chi connectivity index (χ4n) is 1.41. The molecule has 2 rings (SSSR count). The first-order valence-corrected chi connectivity index (χ1v) is 4.58. The third-order valence-corrected chi connectivity index (χ3v) is 2.12. The van der Waals surface area contributed by atoms with Crippen LogP contribution in [0.2, 0.25) is 0 Å². The number of carbonyl (C=O) groups excluding carboxylic acids is 2. The van der Waals surface area contributed by atoms with E-state index in [-0.39, 0.29) is 6.42 Å². The Morgan fingerprint density at radius 2 is 2.12 bits per heavy atom. The van der Waals surface area contributed by atoms with Crippen molar-refractivity contribution in [3.05, 3.63) is 29.3 Å². The zero-order valence-electron chi connectivity index (χ0n) is 8.20. The molecule has 0 radical (unpaired) electrons. The summed E-state index contributed by atoms with van der Waals surface area (Å²) in [6.07, 6.45) is 0.141. The molecule has 16 heavy (non-hydrogen) atoms. The molecule has 0 aromatic heterocycles. The quantitative estimate of drug-likeness (QED) is 0.514. The Morgan fingerprint density at radius 3 is 2.88 bits per heavy atom. The van der Waals surface area contributed by atoms with Gasteiger partial charge in [0.1, 0.15) is 0 Å². The van der Waals surface area contributed by atoms with Crippen LogP contribution in [0.3, 0.4) is 0 Å². The molecular weight excluding hydrogens is 204 g/mol. The van der Waals surface area contributed by atoms with Crippen molar-refractivity contribution < 1.29 is 9.59 Å². The van der Waals surface area contributed by atoms with Crippen molar-refractivity contribution in [3.8, 4) is 17.9 Å². The number of benzene rings is 1. The maximum absolute atomic E-state index is 11.4. The maximum Gasteiger partial charge on any atom is 0.296 e. The average Bonchev–Trinajstić information content (AvgIpc) is 2.56. The molecule has 0 unspecified atom stereocenters. The van der Waals surface area contributed by atoms with E-state index in [2.05, 4.69) is 17.2 Å². The molecule has 0 aliphatic carbocycles. The van der Waals surface area contributed by atoms with E-state index in [0.29, 0.717) is 16.8 Å². The summed E-state index contributed by atoms with van der Waals surface area (Å²) < 4.78 is 0. The monoisotopic (exact) mass is 210 g/mol. The Morgan fingerprint density at radius 1 is 1.31 bits per heavy atom. The van der Waals surface area contributed by atoms with E-state index in [1.807, 2.05) is 6.07 Å². The maximum atomic E-state index is 11.4. The van der Waals surface area contributed by atoms with Gasteiger partial charge in [-0.1, -0.05) is 11.8 Å². The number of nitrogens with one attached hydrogen (secondary N) is 1. The molecule has 1 aliphatic heterocycles. The van der Waals surface area contributed by atoms with Gasteiger partial charge in [-0.05, 0) is 18.2 Å². The number of hydrogen-bond acceptors (Lipinski definition) is 3. The van der Waals surface area contributed by atoms with Gasteiger partial charge in [0.05, 0.1) is 23.7 Å². The first kappa shape index (κ1) is 9.95. The van der Waals surface area contributed by atoms with Crippen LogP contribution in [0.1, 0.15) is 22.3 Å². The van der Waals surface area contributed by atoms with Crippen molar-refractivity contribution >= 4 is 17.4 Å². The summed E-state index contributed by atoms with van der Waals surface area (Å²) in [6.45, 7) is 0. The molecule has 0 fully saturated rings. The molecule has 1 aliphatic rings. The summed E-state index contributed by atoms with van der Waals surface area (Å²) in [5.74, 6) is 4.23. The SMILES string of the molecule is N#CCC#Cc1ccc2c(c1)C(=O)C(=O)N2. The average molecular weight is 210 g/mol. The Balaban J connectivity index is 2.36. The van der Waals surface area contributed by atoms with E-state index in [9.17, 15) is 9.59 Å². The second kappa shape index (κ2) is 3.88. The van der Waals surface area contributed by atoms with E-state index in [1.165, 1.54) is 0 Å².